The highest BCUT2D eigenvalue weighted by atomic mass is 35.5. The SMILES string of the molecule is CCc1nn(CC)c(CC(=O)C2CCC(C)CC2)c1Cl. The molecule has 1 aromatic rings. The van der Waals surface area contributed by atoms with Gasteiger partial charge < -0.3 is 0 Å². The van der Waals surface area contributed by atoms with Gasteiger partial charge in [0.05, 0.1) is 22.8 Å². The van der Waals surface area contributed by atoms with E-state index >= 15 is 0 Å². The Morgan fingerprint density at radius 1 is 1.30 bits per heavy atom. The van der Waals surface area contributed by atoms with Crippen molar-refractivity contribution in [2.75, 3.05) is 0 Å². The van der Waals surface area contributed by atoms with Crippen LogP contribution in [-0.2, 0) is 24.2 Å². The third-order valence-corrected chi connectivity index (χ3v) is 4.94. The van der Waals surface area contributed by atoms with Crippen LogP contribution in [0, 0.1) is 11.8 Å². The smallest absolute Gasteiger partial charge is 0.141 e. The zero-order valence-electron chi connectivity index (χ0n) is 12.8. The Labute approximate surface area is 126 Å². The zero-order chi connectivity index (χ0) is 14.7. The van der Waals surface area contributed by atoms with Crippen molar-refractivity contribution < 1.29 is 4.79 Å². The number of hydrogen-bond donors (Lipinski definition) is 0. The molecular formula is C16H25ClN2O. The number of ketones is 1. The van der Waals surface area contributed by atoms with Gasteiger partial charge in [0.25, 0.3) is 0 Å². The minimum absolute atomic E-state index is 0.229. The van der Waals surface area contributed by atoms with Crippen LogP contribution in [0.3, 0.4) is 0 Å². The predicted molar refractivity (Wildman–Crippen MR) is 82.1 cm³/mol. The second-order valence-corrected chi connectivity index (χ2v) is 6.35. The van der Waals surface area contributed by atoms with Crippen molar-refractivity contribution in [3.05, 3.63) is 16.4 Å². The van der Waals surface area contributed by atoms with Crippen LogP contribution in [0.1, 0.15) is 57.8 Å². The number of nitrogens with zero attached hydrogens (tertiary/aromatic N) is 2. The molecule has 0 aliphatic heterocycles. The Bertz CT molecular complexity index is 473. The molecule has 0 amide bonds. The topological polar surface area (TPSA) is 34.9 Å². The Morgan fingerprint density at radius 2 is 1.95 bits per heavy atom. The summed E-state index contributed by atoms with van der Waals surface area (Å²) in [5.41, 5.74) is 1.82. The fourth-order valence-corrected chi connectivity index (χ4v) is 3.41. The molecule has 2 rings (SSSR count). The van der Waals surface area contributed by atoms with E-state index in [4.69, 9.17) is 11.6 Å². The fourth-order valence-electron chi connectivity index (χ4n) is 3.08. The molecule has 1 saturated carbocycles. The predicted octanol–water partition coefficient (Wildman–Crippen LogP) is 4.06. The lowest BCUT2D eigenvalue weighted by Gasteiger charge is -2.25. The maximum Gasteiger partial charge on any atom is 0.141 e. The number of halogens is 1. The first kappa shape index (κ1) is 15.6. The minimum atomic E-state index is 0.229. The van der Waals surface area contributed by atoms with Crippen molar-refractivity contribution in [1.29, 1.82) is 0 Å². The van der Waals surface area contributed by atoms with Crippen LogP contribution >= 0.6 is 11.6 Å². The van der Waals surface area contributed by atoms with Crippen LogP contribution in [0.2, 0.25) is 5.02 Å². The summed E-state index contributed by atoms with van der Waals surface area (Å²) >= 11 is 6.38. The highest BCUT2D eigenvalue weighted by Crippen LogP contribution is 2.31. The summed E-state index contributed by atoms with van der Waals surface area (Å²) in [6.07, 6.45) is 5.69. The Kier molecular flexibility index (Phi) is 5.25. The second kappa shape index (κ2) is 6.75. The molecule has 0 atom stereocenters. The van der Waals surface area contributed by atoms with Crippen LogP contribution in [-0.4, -0.2) is 15.6 Å². The number of carbonyl (C=O) groups is 1. The van der Waals surface area contributed by atoms with E-state index in [0.29, 0.717) is 17.2 Å². The maximum atomic E-state index is 12.5. The van der Waals surface area contributed by atoms with Crippen molar-refractivity contribution in [3.63, 3.8) is 0 Å². The molecule has 1 aliphatic rings. The summed E-state index contributed by atoms with van der Waals surface area (Å²) in [5, 5.41) is 5.19. The first-order valence-corrected chi connectivity index (χ1v) is 8.21. The molecule has 0 radical (unpaired) electrons. The Morgan fingerprint density at radius 3 is 2.50 bits per heavy atom. The molecule has 1 aliphatic carbocycles. The van der Waals surface area contributed by atoms with Crippen LogP contribution in [0.15, 0.2) is 0 Å². The van der Waals surface area contributed by atoms with Gasteiger partial charge in [-0.1, -0.05) is 38.3 Å². The van der Waals surface area contributed by atoms with Gasteiger partial charge in [0.15, 0.2) is 0 Å². The summed E-state index contributed by atoms with van der Waals surface area (Å²) < 4.78 is 1.89. The van der Waals surface area contributed by atoms with Gasteiger partial charge in [-0.3, -0.25) is 9.48 Å². The summed E-state index contributed by atoms with van der Waals surface area (Å²) in [6.45, 7) is 7.13. The van der Waals surface area contributed by atoms with E-state index in [9.17, 15) is 4.79 Å². The fraction of sp³-hybridized carbons (Fsp3) is 0.750. The molecule has 20 heavy (non-hydrogen) atoms. The first-order chi connectivity index (χ1) is 9.56. The summed E-state index contributed by atoms with van der Waals surface area (Å²) in [4.78, 5) is 12.5. The third kappa shape index (κ3) is 3.25. The summed E-state index contributed by atoms with van der Waals surface area (Å²) in [5.74, 6) is 1.35. The lowest BCUT2D eigenvalue weighted by molar-refractivity contribution is -0.123. The highest BCUT2D eigenvalue weighted by Gasteiger charge is 2.26. The van der Waals surface area contributed by atoms with Crippen molar-refractivity contribution in [3.8, 4) is 0 Å². The van der Waals surface area contributed by atoms with Gasteiger partial charge in [-0.05, 0) is 32.1 Å². The zero-order valence-corrected chi connectivity index (χ0v) is 13.5. The molecule has 0 N–H and O–H groups in total. The van der Waals surface area contributed by atoms with Crippen LogP contribution in [0.4, 0.5) is 0 Å². The van der Waals surface area contributed by atoms with E-state index < -0.39 is 0 Å². The second-order valence-electron chi connectivity index (χ2n) is 5.98. The van der Waals surface area contributed by atoms with Crippen LogP contribution < -0.4 is 0 Å². The Balaban J connectivity index is 2.09. The highest BCUT2D eigenvalue weighted by molar-refractivity contribution is 6.32. The van der Waals surface area contributed by atoms with Gasteiger partial charge in [0.2, 0.25) is 0 Å². The van der Waals surface area contributed by atoms with Crippen molar-refractivity contribution in [1.82, 2.24) is 9.78 Å². The normalized spacial score (nSPS) is 23.0. The number of Topliss-reactive ketones (excluding diaryl/α,β-unsaturated/α-hetero) is 1. The van der Waals surface area contributed by atoms with Gasteiger partial charge in [-0.15, -0.1) is 0 Å². The van der Waals surface area contributed by atoms with E-state index in [0.717, 1.165) is 43.1 Å². The van der Waals surface area contributed by atoms with E-state index in [1.807, 2.05) is 18.5 Å². The maximum absolute atomic E-state index is 12.5. The molecule has 0 aromatic carbocycles. The monoisotopic (exact) mass is 296 g/mol. The molecule has 0 spiro atoms. The number of aryl methyl sites for hydroxylation is 2. The average molecular weight is 297 g/mol. The molecule has 112 valence electrons. The first-order valence-electron chi connectivity index (χ1n) is 7.83. The van der Waals surface area contributed by atoms with E-state index in [2.05, 4.69) is 12.0 Å². The molecule has 1 aromatic heterocycles. The molecule has 3 nitrogen and oxygen atoms in total. The standard InChI is InChI=1S/C16H25ClN2O/c1-4-13-16(17)14(19(5-2)18-13)10-15(20)12-8-6-11(3)7-9-12/h11-12H,4-10H2,1-3H3. The number of aromatic nitrogens is 2. The van der Waals surface area contributed by atoms with Gasteiger partial charge in [-0.25, -0.2) is 0 Å². The molecule has 0 bridgehead atoms. The van der Waals surface area contributed by atoms with E-state index in [1.165, 1.54) is 12.8 Å². The lowest BCUT2D eigenvalue weighted by atomic mass is 9.80. The largest absolute Gasteiger partial charge is 0.299 e. The minimum Gasteiger partial charge on any atom is -0.299 e. The van der Waals surface area contributed by atoms with Crippen molar-refractivity contribution in [2.45, 2.75) is 65.8 Å². The number of carbonyl (C=O) groups excluding carboxylic acids is 1. The molecule has 4 heteroatoms. The van der Waals surface area contributed by atoms with E-state index in [1.54, 1.807) is 0 Å². The summed E-state index contributed by atoms with van der Waals surface area (Å²) in [7, 11) is 0. The van der Waals surface area contributed by atoms with Gasteiger partial charge in [0, 0.05) is 12.5 Å². The Hall–Kier alpha value is -0.830. The van der Waals surface area contributed by atoms with Crippen LogP contribution in [0.5, 0.6) is 0 Å². The van der Waals surface area contributed by atoms with Gasteiger partial charge >= 0.3 is 0 Å². The van der Waals surface area contributed by atoms with Gasteiger partial charge in [-0.2, -0.15) is 5.10 Å². The molecule has 1 heterocycles. The molecule has 0 unspecified atom stereocenters. The number of hydrogen-bond acceptors (Lipinski definition) is 2. The quantitative estimate of drug-likeness (QED) is 0.821. The lowest BCUT2D eigenvalue weighted by Crippen LogP contribution is -2.23. The number of rotatable bonds is 5. The molecule has 1 fully saturated rings. The third-order valence-electron chi connectivity index (χ3n) is 4.51. The van der Waals surface area contributed by atoms with Gasteiger partial charge in [0.1, 0.15) is 5.78 Å². The molecule has 0 saturated heterocycles. The average Bonchev–Trinajstić information content (AvgIpc) is 2.76. The van der Waals surface area contributed by atoms with Crippen LogP contribution in [0.25, 0.3) is 0 Å². The van der Waals surface area contributed by atoms with Crippen molar-refractivity contribution in [2.24, 2.45) is 11.8 Å². The van der Waals surface area contributed by atoms with E-state index in [-0.39, 0.29) is 5.92 Å². The van der Waals surface area contributed by atoms with Crippen molar-refractivity contribution >= 4 is 17.4 Å². The summed E-state index contributed by atoms with van der Waals surface area (Å²) in [6, 6.07) is 0. The molecular weight excluding hydrogens is 272 g/mol.